The average molecular weight is 486 g/mol. The van der Waals surface area contributed by atoms with Crippen LogP contribution in [0.2, 0.25) is 0 Å². The van der Waals surface area contributed by atoms with Crippen LogP contribution in [0.1, 0.15) is 50.3 Å². The Bertz CT molecular complexity index is 1280. The number of hydrogen-bond donors (Lipinski definition) is 1. The maximum absolute atomic E-state index is 12.8. The van der Waals surface area contributed by atoms with E-state index in [1.807, 2.05) is 0 Å². The highest BCUT2D eigenvalue weighted by Crippen LogP contribution is 2.25. The molecule has 178 valence electrons. The molecule has 4 rings (SSSR count). The molecule has 2 aliphatic heterocycles. The lowest BCUT2D eigenvalue weighted by atomic mass is 10.1. The zero-order valence-corrected chi connectivity index (χ0v) is 19.3. The molecule has 2 aliphatic rings. The number of piperidine rings is 1. The number of nitrogens with zero attached hydrogens (tertiary/aromatic N) is 2. The van der Waals surface area contributed by atoms with Gasteiger partial charge in [-0.25, -0.2) is 13.2 Å². The first-order chi connectivity index (χ1) is 16.2. The van der Waals surface area contributed by atoms with Crippen LogP contribution in [-0.4, -0.2) is 68.1 Å². The van der Waals surface area contributed by atoms with Crippen molar-refractivity contribution >= 4 is 39.4 Å². The number of anilines is 1. The van der Waals surface area contributed by atoms with Crippen LogP contribution in [-0.2, 0) is 19.6 Å². The molecule has 2 aromatic rings. The number of amides is 3. The third-order valence-corrected chi connectivity index (χ3v) is 7.62. The van der Waals surface area contributed by atoms with Crippen molar-refractivity contribution < 1.29 is 32.3 Å². The normalized spacial score (nSPS) is 16.3. The molecule has 34 heavy (non-hydrogen) atoms. The smallest absolute Gasteiger partial charge is 0.338 e. The monoisotopic (exact) mass is 485 g/mol. The molecule has 1 fully saturated rings. The molecule has 0 atom stereocenters. The molecule has 10 nitrogen and oxygen atoms in total. The van der Waals surface area contributed by atoms with Crippen molar-refractivity contribution in [1.29, 1.82) is 0 Å². The topological polar surface area (TPSA) is 130 Å². The van der Waals surface area contributed by atoms with Gasteiger partial charge >= 0.3 is 5.97 Å². The number of benzene rings is 2. The van der Waals surface area contributed by atoms with Gasteiger partial charge in [-0.05, 0) is 49.2 Å². The fourth-order valence-corrected chi connectivity index (χ4v) is 5.45. The van der Waals surface area contributed by atoms with Gasteiger partial charge in [0.1, 0.15) is 0 Å². The van der Waals surface area contributed by atoms with Gasteiger partial charge in [0.25, 0.3) is 17.7 Å². The zero-order chi connectivity index (χ0) is 24.5. The number of fused-ring (bicyclic) bond motifs is 1. The maximum Gasteiger partial charge on any atom is 0.338 e. The summed E-state index contributed by atoms with van der Waals surface area (Å²) < 4.78 is 32.1. The summed E-state index contributed by atoms with van der Waals surface area (Å²) in [6, 6.07) is 9.82. The number of rotatable bonds is 6. The third kappa shape index (κ3) is 4.57. The fourth-order valence-electron chi connectivity index (χ4n) is 3.89. The Labute approximate surface area is 196 Å². The van der Waals surface area contributed by atoms with Crippen LogP contribution >= 0.6 is 0 Å². The Morgan fingerprint density at radius 3 is 2.41 bits per heavy atom. The zero-order valence-electron chi connectivity index (χ0n) is 18.4. The van der Waals surface area contributed by atoms with Crippen molar-refractivity contribution in [3.8, 4) is 0 Å². The average Bonchev–Trinajstić information content (AvgIpc) is 3.06. The van der Waals surface area contributed by atoms with Crippen LogP contribution in [0, 0.1) is 0 Å². The van der Waals surface area contributed by atoms with Crippen molar-refractivity contribution in [2.24, 2.45) is 0 Å². The van der Waals surface area contributed by atoms with E-state index in [4.69, 9.17) is 4.74 Å². The minimum atomic E-state index is -3.72. The lowest BCUT2D eigenvalue weighted by Crippen LogP contribution is -2.35. The van der Waals surface area contributed by atoms with E-state index in [0.29, 0.717) is 13.1 Å². The lowest BCUT2D eigenvalue weighted by Gasteiger charge is -2.25. The SMILES string of the molecule is CN1C(=O)c2ccc(NC(=O)COC(=O)c3cccc(S(=O)(=O)N4CCCCC4)c3)cc2C1=O. The van der Waals surface area contributed by atoms with E-state index in [1.165, 1.54) is 53.8 Å². The Morgan fingerprint density at radius 1 is 0.971 bits per heavy atom. The van der Waals surface area contributed by atoms with E-state index < -0.39 is 40.3 Å². The van der Waals surface area contributed by atoms with Gasteiger partial charge in [0.15, 0.2) is 6.61 Å². The summed E-state index contributed by atoms with van der Waals surface area (Å²) in [6.07, 6.45) is 2.57. The largest absolute Gasteiger partial charge is 0.452 e. The molecule has 3 amide bonds. The second-order valence-electron chi connectivity index (χ2n) is 8.05. The summed E-state index contributed by atoms with van der Waals surface area (Å²) in [6.45, 7) is 0.262. The number of ether oxygens (including phenoxy) is 1. The van der Waals surface area contributed by atoms with Crippen molar-refractivity contribution in [1.82, 2.24) is 9.21 Å². The van der Waals surface area contributed by atoms with Crippen molar-refractivity contribution in [2.75, 3.05) is 32.1 Å². The first kappa shape index (κ1) is 23.6. The Balaban J connectivity index is 1.38. The molecular weight excluding hydrogens is 462 g/mol. The minimum absolute atomic E-state index is 0.00405. The summed E-state index contributed by atoms with van der Waals surface area (Å²) in [5, 5.41) is 2.51. The van der Waals surface area contributed by atoms with Crippen LogP contribution in [0.25, 0.3) is 0 Å². The van der Waals surface area contributed by atoms with Gasteiger partial charge in [-0.15, -0.1) is 0 Å². The second-order valence-corrected chi connectivity index (χ2v) is 9.98. The van der Waals surface area contributed by atoms with E-state index in [9.17, 15) is 27.6 Å². The van der Waals surface area contributed by atoms with Crippen LogP contribution < -0.4 is 5.32 Å². The fraction of sp³-hybridized carbons (Fsp3) is 0.304. The highest BCUT2D eigenvalue weighted by molar-refractivity contribution is 7.89. The minimum Gasteiger partial charge on any atom is -0.452 e. The predicted octanol–water partition coefficient (Wildman–Crippen LogP) is 1.88. The van der Waals surface area contributed by atoms with E-state index in [-0.39, 0.29) is 27.3 Å². The van der Waals surface area contributed by atoms with Crippen LogP contribution in [0.3, 0.4) is 0 Å². The Hall–Kier alpha value is -3.57. The Morgan fingerprint density at radius 2 is 1.68 bits per heavy atom. The number of esters is 1. The summed E-state index contributed by atoms with van der Waals surface area (Å²) in [7, 11) is -2.35. The van der Waals surface area contributed by atoms with Gasteiger partial charge in [-0.2, -0.15) is 4.31 Å². The summed E-state index contributed by atoms with van der Waals surface area (Å²) in [5.74, 6) is -2.39. The molecule has 0 unspecified atom stereocenters. The summed E-state index contributed by atoms with van der Waals surface area (Å²) >= 11 is 0. The lowest BCUT2D eigenvalue weighted by molar-refractivity contribution is -0.119. The van der Waals surface area contributed by atoms with E-state index >= 15 is 0 Å². The predicted molar refractivity (Wildman–Crippen MR) is 121 cm³/mol. The maximum atomic E-state index is 12.8. The molecule has 2 heterocycles. The van der Waals surface area contributed by atoms with Gasteiger partial charge in [-0.1, -0.05) is 12.5 Å². The Kier molecular flexibility index (Phi) is 6.49. The summed E-state index contributed by atoms with van der Waals surface area (Å²) in [4.78, 5) is 49.7. The van der Waals surface area contributed by atoms with Gasteiger partial charge in [-0.3, -0.25) is 19.3 Å². The molecule has 0 aliphatic carbocycles. The number of sulfonamides is 1. The van der Waals surface area contributed by atoms with Crippen LogP contribution in [0.5, 0.6) is 0 Å². The van der Waals surface area contributed by atoms with Crippen LogP contribution in [0.15, 0.2) is 47.4 Å². The second kappa shape index (κ2) is 9.35. The first-order valence-electron chi connectivity index (χ1n) is 10.7. The standard InChI is InChI=1S/C23H23N3O7S/c1-25-21(28)18-9-8-16(13-19(18)22(25)29)24-20(27)14-33-23(30)15-6-5-7-17(12-15)34(31,32)26-10-3-2-4-11-26/h5-9,12-13H,2-4,10-11,14H2,1H3,(H,24,27). The number of hydrogen-bond acceptors (Lipinski definition) is 7. The van der Waals surface area contributed by atoms with Crippen molar-refractivity contribution in [3.05, 3.63) is 59.2 Å². The molecule has 0 spiro atoms. The molecular formula is C23H23N3O7S. The van der Waals surface area contributed by atoms with Gasteiger partial charge in [0, 0.05) is 25.8 Å². The third-order valence-electron chi connectivity index (χ3n) is 5.73. The highest BCUT2D eigenvalue weighted by Gasteiger charge is 2.33. The number of carbonyl (C=O) groups excluding carboxylic acids is 4. The highest BCUT2D eigenvalue weighted by atomic mass is 32.2. The molecule has 2 aromatic carbocycles. The molecule has 0 bridgehead atoms. The molecule has 11 heteroatoms. The van der Waals surface area contributed by atoms with Crippen molar-refractivity contribution in [3.63, 3.8) is 0 Å². The number of carbonyl (C=O) groups is 4. The number of nitrogens with one attached hydrogen (secondary N) is 1. The molecule has 0 aromatic heterocycles. The van der Waals surface area contributed by atoms with Gasteiger partial charge in [0.2, 0.25) is 10.0 Å². The van der Waals surface area contributed by atoms with Crippen LogP contribution in [0.4, 0.5) is 5.69 Å². The van der Waals surface area contributed by atoms with Gasteiger partial charge in [0.05, 0.1) is 21.6 Å². The number of imide groups is 1. The first-order valence-corrected chi connectivity index (χ1v) is 12.2. The van der Waals surface area contributed by atoms with Gasteiger partial charge < -0.3 is 10.1 Å². The molecule has 1 saturated heterocycles. The molecule has 0 radical (unpaired) electrons. The van der Waals surface area contributed by atoms with Crippen molar-refractivity contribution in [2.45, 2.75) is 24.2 Å². The van der Waals surface area contributed by atoms with E-state index in [0.717, 1.165) is 24.2 Å². The molecule has 1 N–H and O–H groups in total. The van der Waals surface area contributed by atoms with E-state index in [1.54, 1.807) is 0 Å². The van der Waals surface area contributed by atoms with E-state index in [2.05, 4.69) is 5.32 Å². The quantitative estimate of drug-likeness (QED) is 0.488. The summed E-state index contributed by atoms with van der Waals surface area (Å²) in [5.41, 5.74) is 0.701. The molecule has 0 saturated carbocycles.